The lowest BCUT2D eigenvalue weighted by Crippen LogP contribution is -2.30. The highest BCUT2D eigenvalue weighted by molar-refractivity contribution is 5.96. The van der Waals surface area contributed by atoms with E-state index < -0.39 is 11.9 Å². The lowest BCUT2D eigenvalue weighted by Gasteiger charge is -2.19. The zero-order valence-corrected chi connectivity index (χ0v) is 25.2. The standard InChI is InChI=1S/C34H40N2O6/c1-33(2,3)27-15-11-25(12-16-27)31(39)35-19-29(37)41-21-23-7-9-24(10-8-23)22-42-30(38)20-36-32(40)26-13-17-28(18-14-26)34(4,5)6/h7-18H,19-22H2,1-6H3,(H,35,39)(H,36,40). The molecule has 0 aliphatic rings. The molecule has 0 heterocycles. The van der Waals surface area contributed by atoms with Gasteiger partial charge in [0.15, 0.2) is 0 Å². The van der Waals surface area contributed by atoms with Crippen LogP contribution in [0.15, 0.2) is 72.8 Å². The molecule has 0 saturated heterocycles. The van der Waals surface area contributed by atoms with Crippen molar-refractivity contribution in [3.8, 4) is 0 Å². The number of benzene rings is 3. The molecular formula is C34H40N2O6. The Labute approximate surface area is 247 Å². The summed E-state index contributed by atoms with van der Waals surface area (Å²) >= 11 is 0. The van der Waals surface area contributed by atoms with Gasteiger partial charge in [0, 0.05) is 11.1 Å². The quantitative estimate of drug-likeness (QED) is 0.322. The number of nitrogens with one attached hydrogen (secondary N) is 2. The van der Waals surface area contributed by atoms with E-state index in [2.05, 4.69) is 52.2 Å². The molecule has 3 rings (SSSR count). The third-order valence-corrected chi connectivity index (χ3v) is 6.64. The van der Waals surface area contributed by atoms with Gasteiger partial charge in [0.2, 0.25) is 0 Å². The molecule has 0 aromatic heterocycles. The smallest absolute Gasteiger partial charge is 0.325 e. The Morgan fingerprint density at radius 1 is 0.524 bits per heavy atom. The highest BCUT2D eigenvalue weighted by Crippen LogP contribution is 2.23. The van der Waals surface area contributed by atoms with Crippen LogP contribution in [0.5, 0.6) is 0 Å². The molecule has 0 radical (unpaired) electrons. The zero-order valence-electron chi connectivity index (χ0n) is 25.2. The van der Waals surface area contributed by atoms with E-state index >= 15 is 0 Å². The second kappa shape index (κ2) is 13.9. The Kier molecular flexibility index (Phi) is 10.6. The van der Waals surface area contributed by atoms with Gasteiger partial charge < -0.3 is 20.1 Å². The van der Waals surface area contributed by atoms with Crippen LogP contribution in [0.1, 0.15) is 84.5 Å². The normalized spacial score (nSPS) is 11.4. The summed E-state index contributed by atoms with van der Waals surface area (Å²) in [6, 6.07) is 21.6. The van der Waals surface area contributed by atoms with Crippen molar-refractivity contribution in [2.45, 2.75) is 65.6 Å². The Hall–Kier alpha value is -4.46. The van der Waals surface area contributed by atoms with Crippen molar-refractivity contribution in [2.75, 3.05) is 13.1 Å². The predicted molar refractivity (Wildman–Crippen MR) is 161 cm³/mol. The molecule has 0 spiro atoms. The van der Waals surface area contributed by atoms with Crippen LogP contribution >= 0.6 is 0 Å². The van der Waals surface area contributed by atoms with Gasteiger partial charge in [0.1, 0.15) is 26.3 Å². The number of hydrogen-bond donors (Lipinski definition) is 2. The summed E-state index contributed by atoms with van der Waals surface area (Å²) in [6.45, 7) is 12.2. The number of carbonyl (C=O) groups excluding carboxylic acids is 4. The zero-order chi connectivity index (χ0) is 30.9. The number of rotatable bonds is 10. The molecule has 0 aliphatic carbocycles. The van der Waals surface area contributed by atoms with E-state index in [1.54, 1.807) is 48.5 Å². The fraction of sp³-hybridized carbons (Fsp3) is 0.353. The Morgan fingerprint density at radius 3 is 1.12 bits per heavy atom. The van der Waals surface area contributed by atoms with E-state index in [4.69, 9.17) is 9.47 Å². The third-order valence-electron chi connectivity index (χ3n) is 6.64. The first-order valence-corrected chi connectivity index (χ1v) is 13.9. The summed E-state index contributed by atoms with van der Waals surface area (Å²) in [7, 11) is 0. The van der Waals surface area contributed by atoms with Crippen molar-refractivity contribution in [1.29, 1.82) is 0 Å². The highest BCUT2D eigenvalue weighted by atomic mass is 16.5. The van der Waals surface area contributed by atoms with Crippen LogP contribution in [0, 0.1) is 0 Å². The summed E-state index contributed by atoms with van der Waals surface area (Å²) in [5, 5.41) is 5.15. The van der Waals surface area contributed by atoms with Crippen molar-refractivity contribution in [2.24, 2.45) is 0 Å². The molecule has 8 nitrogen and oxygen atoms in total. The van der Waals surface area contributed by atoms with Gasteiger partial charge in [-0.2, -0.15) is 0 Å². The van der Waals surface area contributed by atoms with Gasteiger partial charge in [0.05, 0.1) is 0 Å². The molecule has 222 valence electrons. The molecule has 0 unspecified atom stereocenters. The second-order valence-electron chi connectivity index (χ2n) is 12.2. The summed E-state index contributed by atoms with van der Waals surface area (Å²) in [4.78, 5) is 48.9. The molecule has 0 fully saturated rings. The topological polar surface area (TPSA) is 111 Å². The maximum absolute atomic E-state index is 12.3. The summed E-state index contributed by atoms with van der Waals surface area (Å²) < 4.78 is 10.5. The number of hydrogen-bond acceptors (Lipinski definition) is 6. The average molecular weight is 573 g/mol. The molecule has 2 amide bonds. The first-order chi connectivity index (χ1) is 19.7. The van der Waals surface area contributed by atoms with Gasteiger partial charge in [-0.05, 0) is 57.3 Å². The van der Waals surface area contributed by atoms with E-state index in [9.17, 15) is 19.2 Å². The number of amides is 2. The molecule has 0 bridgehead atoms. The first-order valence-electron chi connectivity index (χ1n) is 13.9. The van der Waals surface area contributed by atoms with E-state index in [1.807, 2.05) is 24.3 Å². The maximum Gasteiger partial charge on any atom is 0.325 e. The highest BCUT2D eigenvalue weighted by Gasteiger charge is 2.16. The molecule has 42 heavy (non-hydrogen) atoms. The molecule has 8 heteroatoms. The van der Waals surface area contributed by atoms with Crippen molar-refractivity contribution < 1.29 is 28.7 Å². The van der Waals surface area contributed by atoms with E-state index in [0.29, 0.717) is 11.1 Å². The fourth-order valence-electron chi connectivity index (χ4n) is 3.91. The van der Waals surface area contributed by atoms with Gasteiger partial charge in [-0.3, -0.25) is 19.2 Å². The van der Waals surface area contributed by atoms with Gasteiger partial charge in [-0.25, -0.2) is 0 Å². The summed E-state index contributed by atoms with van der Waals surface area (Å²) in [6.07, 6.45) is 0. The molecule has 3 aromatic rings. The second-order valence-corrected chi connectivity index (χ2v) is 12.2. The van der Waals surface area contributed by atoms with Crippen LogP contribution in [0.4, 0.5) is 0 Å². The van der Waals surface area contributed by atoms with Gasteiger partial charge in [-0.1, -0.05) is 90.1 Å². The van der Waals surface area contributed by atoms with Crippen molar-refractivity contribution in [3.05, 3.63) is 106 Å². The van der Waals surface area contributed by atoms with E-state index in [0.717, 1.165) is 22.3 Å². The van der Waals surface area contributed by atoms with Crippen LogP contribution < -0.4 is 10.6 Å². The lowest BCUT2D eigenvalue weighted by molar-refractivity contribution is -0.144. The minimum atomic E-state index is -0.556. The van der Waals surface area contributed by atoms with Gasteiger partial charge in [-0.15, -0.1) is 0 Å². The van der Waals surface area contributed by atoms with Crippen molar-refractivity contribution >= 4 is 23.8 Å². The largest absolute Gasteiger partial charge is 0.460 e. The SMILES string of the molecule is CC(C)(C)c1ccc(C(=O)NCC(=O)OCc2ccc(COC(=O)CNC(=O)c3ccc(C(C)(C)C)cc3)cc2)cc1. The van der Waals surface area contributed by atoms with Crippen LogP contribution in [0.3, 0.4) is 0 Å². The van der Waals surface area contributed by atoms with Crippen LogP contribution in [0.25, 0.3) is 0 Å². The lowest BCUT2D eigenvalue weighted by atomic mass is 9.86. The maximum atomic E-state index is 12.3. The van der Waals surface area contributed by atoms with Crippen LogP contribution in [-0.2, 0) is 43.1 Å². The van der Waals surface area contributed by atoms with Crippen LogP contribution in [-0.4, -0.2) is 36.8 Å². The third kappa shape index (κ3) is 9.87. The summed E-state index contributed by atoms with van der Waals surface area (Å²) in [5.41, 5.74) is 4.64. The van der Waals surface area contributed by atoms with Crippen LogP contribution in [0.2, 0.25) is 0 Å². The predicted octanol–water partition coefficient (Wildman–Crippen LogP) is 5.23. The Balaban J connectivity index is 1.35. The van der Waals surface area contributed by atoms with E-state index in [1.165, 1.54) is 0 Å². The van der Waals surface area contributed by atoms with E-state index in [-0.39, 0.29) is 48.9 Å². The Morgan fingerprint density at radius 2 is 0.833 bits per heavy atom. The molecule has 2 N–H and O–H groups in total. The summed E-state index contributed by atoms with van der Waals surface area (Å²) in [5.74, 6) is -1.80. The molecule has 3 aromatic carbocycles. The van der Waals surface area contributed by atoms with Crippen molar-refractivity contribution in [3.63, 3.8) is 0 Å². The number of carbonyl (C=O) groups is 4. The minimum Gasteiger partial charge on any atom is -0.460 e. The monoisotopic (exact) mass is 572 g/mol. The molecule has 0 atom stereocenters. The van der Waals surface area contributed by atoms with Gasteiger partial charge in [0.25, 0.3) is 11.8 Å². The molecule has 0 aliphatic heterocycles. The van der Waals surface area contributed by atoms with Gasteiger partial charge >= 0.3 is 11.9 Å². The average Bonchev–Trinajstić information content (AvgIpc) is 2.96. The first kappa shape index (κ1) is 32.1. The molecule has 0 saturated carbocycles. The minimum absolute atomic E-state index is 0.0132. The Bertz CT molecular complexity index is 1270. The molecular weight excluding hydrogens is 532 g/mol. The fourth-order valence-corrected chi connectivity index (χ4v) is 3.91. The number of esters is 2. The number of ether oxygens (including phenoxy) is 2. The van der Waals surface area contributed by atoms with Crippen molar-refractivity contribution in [1.82, 2.24) is 10.6 Å².